The number of hydrogen-bond acceptors (Lipinski definition) is 5. The molecule has 0 radical (unpaired) electrons. The lowest BCUT2D eigenvalue weighted by Gasteiger charge is -2.34. The maximum absolute atomic E-state index is 13.7. The van der Waals surface area contributed by atoms with E-state index in [0.717, 1.165) is 45.9 Å². The van der Waals surface area contributed by atoms with E-state index < -0.39 is 15.8 Å². The molecule has 1 saturated heterocycles. The fourth-order valence-electron chi connectivity index (χ4n) is 5.22. The largest absolute Gasteiger partial charge is 0.495 e. The van der Waals surface area contributed by atoms with E-state index in [1.807, 2.05) is 48.5 Å². The summed E-state index contributed by atoms with van der Waals surface area (Å²) in [6.45, 7) is 2.21. The molecule has 1 aliphatic heterocycles. The summed E-state index contributed by atoms with van der Waals surface area (Å²) in [6.07, 6.45) is 2.11. The van der Waals surface area contributed by atoms with E-state index >= 15 is 0 Å². The summed E-state index contributed by atoms with van der Waals surface area (Å²) in [5.74, 6) is -0.550. The highest BCUT2D eigenvalue weighted by molar-refractivity contribution is 7.89. The topological polar surface area (TPSA) is 67.2 Å². The maximum atomic E-state index is 13.7. The van der Waals surface area contributed by atoms with E-state index in [1.165, 1.54) is 17.5 Å². The van der Waals surface area contributed by atoms with Gasteiger partial charge in [0.25, 0.3) is 0 Å². The van der Waals surface area contributed by atoms with Crippen LogP contribution in [0.25, 0.3) is 28.0 Å². The summed E-state index contributed by atoms with van der Waals surface area (Å²) in [7, 11) is -2.51. The zero-order chi connectivity index (χ0) is 28.6. The number of halogens is 2. The summed E-state index contributed by atoms with van der Waals surface area (Å²) in [5.41, 5.74) is 5.84. The summed E-state index contributed by atoms with van der Waals surface area (Å²) in [4.78, 5) is 7.17. The van der Waals surface area contributed by atoms with Crippen LogP contribution in [0.15, 0.2) is 96.0 Å². The van der Waals surface area contributed by atoms with Crippen molar-refractivity contribution in [3.05, 3.63) is 108 Å². The third kappa shape index (κ3) is 5.46. The molecule has 2 aromatic heterocycles. The number of imidazole rings is 1. The highest BCUT2D eigenvalue weighted by atomic mass is 35.5. The number of sulfonamides is 1. The fourth-order valence-corrected chi connectivity index (χ4v) is 6.90. The molecule has 5 aromatic rings. The van der Waals surface area contributed by atoms with Crippen LogP contribution in [0.5, 0.6) is 5.75 Å². The van der Waals surface area contributed by atoms with Crippen molar-refractivity contribution in [1.82, 2.24) is 18.6 Å². The van der Waals surface area contributed by atoms with E-state index in [9.17, 15) is 12.8 Å². The molecular formula is C31H28ClFN4O3S. The zero-order valence-corrected chi connectivity index (χ0v) is 23.9. The minimum atomic E-state index is -3.85. The molecule has 0 atom stereocenters. The summed E-state index contributed by atoms with van der Waals surface area (Å²) in [6, 6.07) is 25.4. The van der Waals surface area contributed by atoms with Crippen molar-refractivity contribution in [2.75, 3.05) is 33.3 Å². The number of rotatable bonds is 7. The average molecular weight is 591 g/mol. The van der Waals surface area contributed by atoms with Crippen molar-refractivity contribution in [2.45, 2.75) is 11.4 Å². The van der Waals surface area contributed by atoms with Gasteiger partial charge in [0.1, 0.15) is 22.1 Å². The van der Waals surface area contributed by atoms with Crippen molar-refractivity contribution < 1.29 is 17.5 Å². The van der Waals surface area contributed by atoms with Crippen molar-refractivity contribution in [3.63, 3.8) is 0 Å². The van der Waals surface area contributed by atoms with Gasteiger partial charge in [0.05, 0.1) is 18.5 Å². The van der Waals surface area contributed by atoms with E-state index in [4.69, 9.17) is 21.3 Å². The van der Waals surface area contributed by atoms with Crippen LogP contribution >= 0.6 is 11.6 Å². The molecular weight excluding hydrogens is 563 g/mol. The van der Waals surface area contributed by atoms with Gasteiger partial charge in [-0.25, -0.2) is 17.8 Å². The van der Waals surface area contributed by atoms with Crippen LogP contribution in [0.4, 0.5) is 4.39 Å². The maximum Gasteiger partial charge on any atom is 0.246 e. The fraction of sp³-hybridized carbons (Fsp3) is 0.194. The molecule has 0 bridgehead atoms. The van der Waals surface area contributed by atoms with Crippen molar-refractivity contribution in [3.8, 4) is 28.1 Å². The number of pyridine rings is 1. The Bertz CT molecular complexity index is 1800. The molecule has 10 heteroatoms. The summed E-state index contributed by atoms with van der Waals surface area (Å²) in [5, 5.41) is 0.653. The molecule has 1 aliphatic rings. The van der Waals surface area contributed by atoms with Crippen LogP contribution in [0.1, 0.15) is 5.69 Å². The minimum Gasteiger partial charge on any atom is -0.495 e. The first-order valence-corrected chi connectivity index (χ1v) is 15.0. The van der Waals surface area contributed by atoms with Gasteiger partial charge in [-0.2, -0.15) is 4.31 Å². The number of benzene rings is 3. The standard InChI is InChI=1S/C31H28ClFN4O3S/c1-40-28-19-26(33)12-13-29(28)41(38,39)36-17-15-35(16-18-36)21-27-31(23-7-10-25(32)11-8-23)34-30-14-9-24(20-37(27)30)22-5-3-2-4-6-22/h2-14,19-20H,15-18,21H2,1H3. The molecule has 41 heavy (non-hydrogen) atoms. The molecule has 0 spiro atoms. The molecule has 0 unspecified atom stereocenters. The van der Waals surface area contributed by atoms with Gasteiger partial charge in [-0.15, -0.1) is 0 Å². The van der Waals surface area contributed by atoms with E-state index in [-0.39, 0.29) is 10.6 Å². The Morgan fingerprint density at radius 3 is 2.29 bits per heavy atom. The van der Waals surface area contributed by atoms with Crippen molar-refractivity contribution in [1.29, 1.82) is 0 Å². The van der Waals surface area contributed by atoms with Crippen molar-refractivity contribution in [2.24, 2.45) is 0 Å². The second-order valence-electron chi connectivity index (χ2n) is 9.90. The molecule has 7 nitrogen and oxygen atoms in total. The third-order valence-corrected chi connectivity index (χ3v) is 9.58. The molecule has 0 aliphatic carbocycles. The van der Waals surface area contributed by atoms with Gasteiger partial charge in [-0.05, 0) is 47.5 Å². The second kappa shape index (κ2) is 11.3. The Morgan fingerprint density at radius 2 is 1.59 bits per heavy atom. The Labute approximate surface area is 243 Å². The Balaban J connectivity index is 1.30. The SMILES string of the molecule is COc1cc(F)ccc1S(=O)(=O)N1CCN(Cc2c(-c3ccc(Cl)cc3)nc3ccc(-c4ccccc4)cn23)CC1. The molecule has 1 fully saturated rings. The van der Waals surface area contributed by atoms with Gasteiger partial charge in [-0.3, -0.25) is 4.90 Å². The summed E-state index contributed by atoms with van der Waals surface area (Å²) >= 11 is 6.17. The highest BCUT2D eigenvalue weighted by Gasteiger charge is 2.31. The highest BCUT2D eigenvalue weighted by Crippen LogP contribution is 2.31. The number of piperazine rings is 1. The van der Waals surface area contributed by atoms with Crippen molar-refractivity contribution >= 4 is 27.3 Å². The smallest absolute Gasteiger partial charge is 0.246 e. The van der Waals surface area contributed by atoms with Crippen LogP contribution < -0.4 is 4.74 Å². The molecule has 6 rings (SSSR count). The lowest BCUT2D eigenvalue weighted by molar-refractivity contribution is 0.179. The molecule has 3 aromatic carbocycles. The number of nitrogens with zero attached hydrogens (tertiary/aromatic N) is 4. The van der Waals surface area contributed by atoms with Gasteiger partial charge in [-0.1, -0.05) is 54.1 Å². The Hall–Kier alpha value is -3.76. The first-order chi connectivity index (χ1) is 19.8. The van der Waals surface area contributed by atoms with Gasteiger partial charge in [0.15, 0.2) is 0 Å². The van der Waals surface area contributed by atoms with E-state index in [2.05, 4.69) is 33.7 Å². The predicted octanol–water partition coefficient (Wildman–Crippen LogP) is 5.98. The Morgan fingerprint density at radius 1 is 0.878 bits per heavy atom. The van der Waals surface area contributed by atoms with Crippen LogP contribution in [-0.4, -0.2) is 60.3 Å². The first kappa shape index (κ1) is 27.4. The summed E-state index contributed by atoms with van der Waals surface area (Å²) < 4.78 is 49.2. The normalized spacial score (nSPS) is 14.9. The number of fused-ring (bicyclic) bond motifs is 1. The molecule has 3 heterocycles. The van der Waals surface area contributed by atoms with Crippen LogP contribution in [-0.2, 0) is 16.6 Å². The number of aromatic nitrogens is 2. The van der Waals surface area contributed by atoms with Crippen LogP contribution in [0.2, 0.25) is 5.02 Å². The van der Waals surface area contributed by atoms with Gasteiger partial charge >= 0.3 is 0 Å². The molecule has 0 amide bonds. The second-order valence-corrected chi connectivity index (χ2v) is 12.2. The number of hydrogen-bond donors (Lipinski definition) is 0. The lowest BCUT2D eigenvalue weighted by Crippen LogP contribution is -2.48. The molecule has 0 saturated carbocycles. The van der Waals surface area contributed by atoms with Gasteiger partial charge in [0, 0.05) is 55.6 Å². The number of methoxy groups -OCH3 is 1. The minimum absolute atomic E-state index is 0.0000130. The van der Waals surface area contributed by atoms with Crippen LogP contribution in [0.3, 0.4) is 0 Å². The third-order valence-electron chi connectivity index (χ3n) is 7.39. The zero-order valence-electron chi connectivity index (χ0n) is 22.4. The monoisotopic (exact) mass is 590 g/mol. The number of ether oxygens (including phenoxy) is 1. The van der Waals surface area contributed by atoms with E-state index in [0.29, 0.717) is 37.7 Å². The molecule has 210 valence electrons. The average Bonchev–Trinajstić information content (AvgIpc) is 3.35. The lowest BCUT2D eigenvalue weighted by atomic mass is 10.1. The van der Waals surface area contributed by atoms with Gasteiger partial charge < -0.3 is 9.14 Å². The van der Waals surface area contributed by atoms with Crippen LogP contribution in [0, 0.1) is 5.82 Å². The van der Waals surface area contributed by atoms with E-state index in [1.54, 1.807) is 0 Å². The van der Waals surface area contributed by atoms with Gasteiger partial charge in [0.2, 0.25) is 10.0 Å². The predicted molar refractivity (Wildman–Crippen MR) is 158 cm³/mol. The molecule has 0 N–H and O–H groups in total. The quantitative estimate of drug-likeness (QED) is 0.233. The Kier molecular flexibility index (Phi) is 7.52. The first-order valence-electron chi connectivity index (χ1n) is 13.2.